The number of rotatable bonds is 5. The van der Waals surface area contributed by atoms with E-state index < -0.39 is 10.0 Å². The highest BCUT2D eigenvalue weighted by molar-refractivity contribution is 7.92. The monoisotopic (exact) mass is 249 g/mol. The summed E-state index contributed by atoms with van der Waals surface area (Å²) in [6, 6.07) is 4.75. The summed E-state index contributed by atoms with van der Waals surface area (Å²) < 4.78 is 25.2. The molecule has 0 saturated carbocycles. The standard InChI is InChI=1S/C8H12ClN3O2S/c1-10-5-6-15(13,14)12-8-4-2-3-7(9)11-8/h2-4,10H,5-6H2,1H3,(H,11,12). The number of hydrogen-bond acceptors (Lipinski definition) is 4. The van der Waals surface area contributed by atoms with Gasteiger partial charge < -0.3 is 5.32 Å². The second-order valence-corrected chi connectivity index (χ2v) is 5.10. The van der Waals surface area contributed by atoms with Crippen molar-refractivity contribution in [2.24, 2.45) is 0 Å². The highest BCUT2D eigenvalue weighted by Crippen LogP contribution is 2.10. The van der Waals surface area contributed by atoms with Crippen LogP contribution in [0.1, 0.15) is 0 Å². The quantitative estimate of drug-likeness (QED) is 0.754. The number of anilines is 1. The number of halogens is 1. The van der Waals surface area contributed by atoms with Gasteiger partial charge in [0.1, 0.15) is 11.0 Å². The predicted octanol–water partition coefficient (Wildman–Crippen LogP) is 0.696. The molecule has 1 rings (SSSR count). The maximum absolute atomic E-state index is 11.4. The SMILES string of the molecule is CNCCS(=O)(=O)Nc1cccc(Cl)n1. The van der Waals surface area contributed by atoms with Crippen LogP contribution in [0.15, 0.2) is 18.2 Å². The van der Waals surface area contributed by atoms with Gasteiger partial charge in [0.25, 0.3) is 0 Å². The first kappa shape index (κ1) is 12.2. The van der Waals surface area contributed by atoms with Crippen LogP contribution in [0.4, 0.5) is 5.82 Å². The lowest BCUT2D eigenvalue weighted by Gasteiger charge is -2.06. The van der Waals surface area contributed by atoms with Gasteiger partial charge in [-0.1, -0.05) is 17.7 Å². The molecular weight excluding hydrogens is 238 g/mol. The fourth-order valence-corrected chi connectivity index (χ4v) is 2.08. The summed E-state index contributed by atoms with van der Waals surface area (Å²) in [5.74, 6) is 0.233. The van der Waals surface area contributed by atoms with E-state index in [9.17, 15) is 8.42 Å². The van der Waals surface area contributed by atoms with Crippen molar-refractivity contribution in [2.45, 2.75) is 0 Å². The van der Waals surface area contributed by atoms with E-state index in [0.717, 1.165) is 0 Å². The van der Waals surface area contributed by atoms with Crippen LogP contribution in [0.2, 0.25) is 5.15 Å². The molecule has 0 radical (unpaired) electrons. The average molecular weight is 250 g/mol. The van der Waals surface area contributed by atoms with Gasteiger partial charge in [-0.3, -0.25) is 4.72 Å². The molecule has 0 atom stereocenters. The fraction of sp³-hybridized carbons (Fsp3) is 0.375. The molecule has 5 nitrogen and oxygen atoms in total. The van der Waals surface area contributed by atoms with Crippen LogP contribution in [-0.2, 0) is 10.0 Å². The number of pyridine rings is 1. The zero-order valence-corrected chi connectivity index (χ0v) is 9.77. The van der Waals surface area contributed by atoms with E-state index in [1.165, 1.54) is 0 Å². The van der Waals surface area contributed by atoms with Gasteiger partial charge in [-0.25, -0.2) is 13.4 Å². The molecule has 1 aromatic heterocycles. The normalized spacial score (nSPS) is 11.3. The van der Waals surface area contributed by atoms with Crippen molar-refractivity contribution in [3.05, 3.63) is 23.4 Å². The Hall–Kier alpha value is -0.850. The van der Waals surface area contributed by atoms with Crippen molar-refractivity contribution in [3.63, 3.8) is 0 Å². The highest BCUT2D eigenvalue weighted by atomic mass is 35.5. The largest absolute Gasteiger partial charge is 0.319 e. The van der Waals surface area contributed by atoms with Gasteiger partial charge in [0.15, 0.2) is 0 Å². The van der Waals surface area contributed by atoms with Crippen LogP contribution in [0, 0.1) is 0 Å². The molecule has 0 aromatic carbocycles. The lowest BCUT2D eigenvalue weighted by atomic mass is 10.5. The third kappa shape index (κ3) is 4.46. The maximum Gasteiger partial charge on any atom is 0.235 e. The molecule has 84 valence electrons. The lowest BCUT2D eigenvalue weighted by Crippen LogP contribution is -2.24. The summed E-state index contributed by atoms with van der Waals surface area (Å²) in [7, 11) is -1.66. The minimum Gasteiger partial charge on any atom is -0.319 e. The summed E-state index contributed by atoms with van der Waals surface area (Å²) in [6.45, 7) is 0.385. The first-order chi connectivity index (χ1) is 7.03. The second-order valence-electron chi connectivity index (χ2n) is 2.87. The zero-order chi connectivity index (χ0) is 11.3. The topological polar surface area (TPSA) is 71.1 Å². The third-order valence-corrected chi connectivity index (χ3v) is 3.07. The molecule has 0 saturated heterocycles. The molecule has 0 fully saturated rings. The Morgan fingerprint density at radius 2 is 2.20 bits per heavy atom. The molecule has 15 heavy (non-hydrogen) atoms. The van der Waals surface area contributed by atoms with E-state index >= 15 is 0 Å². The van der Waals surface area contributed by atoms with Crippen molar-refractivity contribution >= 4 is 27.4 Å². The molecule has 0 aliphatic carbocycles. The van der Waals surface area contributed by atoms with Gasteiger partial charge >= 0.3 is 0 Å². The van der Waals surface area contributed by atoms with Gasteiger partial charge in [-0.05, 0) is 19.2 Å². The Morgan fingerprint density at radius 1 is 1.47 bits per heavy atom. The smallest absolute Gasteiger partial charge is 0.235 e. The Kier molecular flexibility index (Phi) is 4.31. The number of sulfonamides is 1. The Balaban J connectivity index is 2.69. The van der Waals surface area contributed by atoms with Crippen LogP contribution >= 0.6 is 11.6 Å². The predicted molar refractivity (Wildman–Crippen MR) is 60.6 cm³/mol. The minimum absolute atomic E-state index is 0.00229. The number of hydrogen-bond donors (Lipinski definition) is 2. The highest BCUT2D eigenvalue weighted by Gasteiger charge is 2.09. The van der Waals surface area contributed by atoms with Crippen LogP contribution < -0.4 is 10.0 Å². The molecule has 0 spiro atoms. The molecule has 0 unspecified atom stereocenters. The number of nitrogens with zero attached hydrogens (tertiary/aromatic N) is 1. The van der Waals surface area contributed by atoms with Crippen LogP contribution in [0.25, 0.3) is 0 Å². The summed E-state index contributed by atoms with van der Waals surface area (Å²) >= 11 is 5.62. The van der Waals surface area contributed by atoms with Crippen LogP contribution in [-0.4, -0.2) is 32.7 Å². The van der Waals surface area contributed by atoms with Crippen LogP contribution in [0.3, 0.4) is 0 Å². The first-order valence-electron chi connectivity index (χ1n) is 4.31. The molecule has 1 aromatic rings. The number of nitrogens with one attached hydrogen (secondary N) is 2. The molecule has 0 aliphatic rings. The summed E-state index contributed by atoms with van der Waals surface area (Å²) in [6.07, 6.45) is 0. The van der Waals surface area contributed by atoms with E-state index in [0.29, 0.717) is 6.54 Å². The molecular formula is C8H12ClN3O2S. The lowest BCUT2D eigenvalue weighted by molar-refractivity contribution is 0.598. The van der Waals surface area contributed by atoms with Crippen molar-refractivity contribution < 1.29 is 8.42 Å². The summed E-state index contributed by atoms with van der Waals surface area (Å²) in [5.41, 5.74) is 0. The van der Waals surface area contributed by atoms with Gasteiger partial charge in [0.05, 0.1) is 5.75 Å². The molecule has 7 heteroatoms. The Morgan fingerprint density at radius 3 is 2.80 bits per heavy atom. The molecule has 0 amide bonds. The molecule has 0 aliphatic heterocycles. The first-order valence-corrected chi connectivity index (χ1v) is 6.34. The Bertz CT molecular complexity index is 422. The van der Waals surface area contributed by atoms with Crippen LogP contribution in [0.5, 0.6) is 0 Å². The third-order valence-electron chi connectivity index (χ3n) is 1.60. The molecule has 2 N–H and O–H groups in total. The van der Waals surface area contributed by atoms with E-state index in [4.69, 9.17) is 11.6 Å². The van der Waals surface area contributed by atoms with E-state index in [2.05, 4.69) is 15.0 Å². The molecule has 0 bridgehead atoms. The van der Waals surface area contributed by atoms with E-state index in [-0.39, 0.29) is 16.7 Å². The number of aromatic nitrogens is 1. The van der Waals surface area contributed by atoms with E-state index in [1.54, 1.807) is 25.2 Å². The van der Waals surface area contributed by atoms with Gasteiger partial charge in [-0.2, -0.15) is 0 Å². The van der Waals surface area contributed by atoms with Crippen molar-refractivity contribution in [1.29, 1.82) is 0 Å². The van der Waals surface area contributed by atoms with E-state index in [1.807, 2.05) is 0 Å². The van der Waals surface area contributed by atoms with Crippen molar-refractivity contribution in [1.82, 2.24) is 10.3 Å². The summed E-state index contributed by atoms with van der Waals surface area (Å²) in [4.78, 5) is 3.82. The second kappa shape index (κ2) is 5.29. The maximum atomic E-state index is 11.4. The van der Waals surface area contributed by atoms with Gasteiger partial charge in [0.2, 0.25) is 10.0 Å². The summed E-state index contributed by atoms with van der Waals surface area (Å²) in [5, 5.41) is 3.01. The average Bonchev–Trinajstić information content (AvgIpc) is 2.14. The zero-order valence-electron chi connectivity index (χ0n) is 8.20. The van der Waals surface area contributed by atoms with Gasteiger partial charge in [0, 0.05) is 6.54 Å². The van der Waals surface area contributed by atoms with Crippen molar-refractivity contribution in [2.75, 3.05) is 24.1 Å². The fourth-order valence-electron chi connectivity index (χ4n) is 0.912. The van der Waals surface area contributed by atoms with Gasteiger partial charge in [-0.15, -0.1) is 0 Å². The van der Waals surface area contributed by atoms with Crippen molar-refractivity contribution in [3.8, 4) is 0 Å². The Labute approximate surface area is 93.9 Å². The minimum atomic E-state index is -3.35. The molecule has 1 heterocycles.